The Balaban J connectivity index is 2.09. The number of nitro groups is 1. The molecule has 1 aromatic heterocycles. The fourth-order valence-corrected chi connectivity index (χ4v) is 1.59. The molecule has 1 atom stereocenters. The number of rotatable bonds is 4. The average molecular weight is 244 g/mol. The zero-order valence-corrected chi connectivity index (χ0v) is 9.78. The largest absolute Gasteiger partial charge is 0.376 e. The van der Waals surface area contributed by atoms with Crippen LogP contribution in [0.5, 0.6) is 0 Å². The molecule has 0 radical (unpaired) electrons. The second kappa shape index (κ2) is 5.22. The molecule has 0 bridgehead atoms. The van der Waals surface area contributed by atoms with Gasteiger partial charge < -0.3 is 5.32 Å². The van der Waals surface area contributed by atoms with Crippen LogP contribution >= 0.6 is 0 Å². The highest BCUT2D eigenvalue weighted by Gasteiger charge is 2.08. The normalized spacial score (nSPS) is 11.8. The molecule has 1 aromatic carbocycles. The molecule has 0 fully saturated rings. The van der Waals surface area contributed by atoms with Gasteiger partial charge in [0.25, 0.3) is 5.69 Å². The molecular formula is C12H12N4O2. The number of anilines is 1. The fraction of sp³-hybridized carbons (Fsp3) is 0.167. The van der Waals surface area contributed by atoms with Crippen LogP contribution in [0.2, 0.25) is 0 Å². The van der Waals surface area contributed by atoms with Crippen LogP contribution in [0.15, 0.2) is 43.0 Å². The average Bonchev–Trinajstić information content (AvgIpc) is 2.40. The van der Waals surface area contributed by atoms with Crippen LogP contribution in [0.3, 0.4) is 0 Å². The van der Waals surface area contributed by atoms with Crippen molar-refractivity contribution in [2.24, 2.45) is 0 Å². The lowest BCUT2D eigenvalue weighted by Gasteiger charge is -2.14. The Morgan fingerprint density at radius 2 is 1.83 bits per heavy atom. The SMILES string of the molecule is CC(Nc1cncnc1)c1ccc([N+](=O)[O-])cc1. The maximum atomic E-state index is 10.5. The van der Waals surface area contributed by atoms with Crippen molar-refractivity contribution in [2.45, 2.75) is 13.0 Å². The van der Waals surface area contributed by atoms with Gasteiger partial charge >= 0.3 is 0 Å². The second-order valence-electron chi connectivity index (χ2n) is 3.84. The van der Waals surface area contributed by atoms with Gasteiger partial charge in [-0.1, -0.05) is 12.1 Å². The van der Waals surface area contributed by atoms with Gasteiger partial charge in [-0.2, -0.15) is 0 Å². The molecule has 2 rings (SSSR count). The minimum Gasteiger partial charge on any atom is -0.376 e. The standard InChI is InChI=1S/C12H12N4O2/c1-9(15-11-6-13-8-14-7-11)10-2-4-12(5-3-10)16(17)18/h2-9,15H,1H3. The lowest BCUT2D eigenvalue weighted by Crippen LogP contribution is -2.07. The Labute approximate surface area is 104 Å². The van der Waals surface area contributed by atoms with Gasteiger partial charge in [0.1, 0.15) is 6.33 Å². The van der Waals surface area contributed by atoms with Gasteiger partial charge in [-0.3, -0.25) is 10.1 Å². The smallest absolute Gasteiger partial charge is 0.269 e. The summed E-state index contributed by atoms with van der Waals surface area (Å²) in [6.07, 6.45) is 4.81. The summed E-state index contributed by atoms with van der Waals surface area (Å²) in [5.41, 5.74) is 1.86. The number of hydrogen-bond donors (Lipinski definition) is 1. The van der Waals surface area contributed by atoms with Crippen molar-refractivity contribution in [1.82, 2.24) is 9.97 Å². The minimum absolute atomic E-state index is 0.0248. The molecule has 0 saturated heterocycles. The molecule has 0 spiro atoms. The molecular weight excluding hydrogens is 232 g/mol. The molecule has 18 heavy (non-hydrogen) atoms. The van der Waals surface area contributed by atoms with E-state index < -0.39 is 4.92 Å². The van der Waals surface area contributed by atoms with Gasteiger partial charge in [-0.15, -0.1) is 0 Å². The third-order valence-electron chi connectivity index (χ3n) is 2.55. The molecule has 0 amide bonds. The third-order valence-corrected chi connectivity index (χ3v) is 2.55. The number of nitrogens with zero attached hydrogens (tertiary/aromatic N) is 3. The summed E-state index contributed by atoms with van der Waals surface area (Å²) in [5, 5.41) is 13.8. The number of nitro benzene ring substituents is 1. The highest BCUT2D eigenvalue weighted by atomic mass is 16.6. The Morgan fingerprint density at radius 3 is 2.39 bits per heavy atom. The highest BCUT2D eigenvalue weighted by Crippen LogP contribution is 2.20. The van der Waals surface area contributed by atoms with E-state index in [-0.39, 0.29) is 11.7 Å². The van der Waals surface area contributed by atoms with Gasteiger partial charge in [0, 0.05) is 18.2 Å². The molecule has 1 heterocycles. The number of nitrogens with one attached hydrogen (secondary N) is 1. The molecule has 0 aliphatic heterocycles. The monoisotopic (exact) mass is 244 g/mol. The number of aromatic nitrogens is 2. The van der Waals surface area contributed by atoms with E-state index in [4.69, 9.17) is 0 Å². The van der Waals surface area contributed by atoms with E-state index in [1.54, 1.807) is 24.5 Å². The molecule has 2 aromatic rings. The van der Waals surface area contributed by atoms with Crippen LogP contribution in [0, 0.1) is 10.1 Å². The van der Waals surface area contributed by atoms with Crippen LogP contribution in [0.25, 0.3) is 0 Å². The predicted molar refractivity (Wildman–Crippen MR) is 67.2 cm³/mol. The van der Waals surface area contributed by atoms with Crippen LogP contribution in [0.1, 0.15) is 18.5 Å². The van der Waals surface area contributed by atoms with Crippen LogP contribution < -0.4 is 5.32 Å². The van der Waals surface area contributed by atoms with Crippen LogP contribution in [0.4, 0.5) is 11.4 Å². The molecule has 1 unspecified atom stereocenters. The summed E-state index contributed by atoms with van der Waals surface area (Å²) < 4.78 is 0. The van der Waals surface area contributed by atoms with Crippen molar-refractivity contribution in [3.05, 3.63) is 58.7 Å². The zero-order chi connectivity index (χ0) is 13.0. The summed E-state index contributed by atoms with van der Waals surface area (Å²) in [4.78, 5) is 17.9. The first-order valence-corrected chi connectivity index (χ1v) is 5.42. The Hall–Kier alpha value is -2.50. The molecule has 6 nitrogen and oxygen atoms in total. The van der Waals surface area contributed by atoms with Crippen molar-refractivity contribution in [1.29, 1.82) is 0 Å². The van der Waals surface area contributed by atoms with Crippen molar-refractivity contribution in [3.8, 4) is 0 Å². The Bertz CT molecular complexity index is 528. The van der Waals surface area contributed by atoms with Crippen molar-refractivity contribution < 1.29 is 4.92 Å². The summed E-state index contributed by atoms with van der Waals surface area (Å²) in [6.45, 7) is 1.97. The number of non-ortho nitro benzene ring substituents is 1. The van der Waals surface area contributed by atoms with Crippen LogP contribution in [-0.4, -0.2) is 14.9 Å². The second-order valence-corrected chi connectivity index (χ2v) is 3.84. The number of benzene rings is 1. The fourth-order valence-electron chi connectivity index (χ4n) is 1.59. The van der Waals surface area contributed by atoms with Gasteiger partial charge in [0.15, 0.2) is 0 Å². The first kappa shape index (κ1) is 12.0. The van der Waals surface area contributed by atoms with Gasteiger partial charge in [0.2, 0.25) is 0 Å². The predicted octanol–water partition coefficient (Wildman–Crippen LogP) is 2.56. The molecule has 6 heteroatoms. The minimum atomic E-state index is -0.410. The lowest BCUT2D eigenvalue weighted by atomic mass is 10.1. The van der Waals surface area contributed by atoms with E-state index in [0.717, 1.165) is 11.3 Å². The van der Waals surface area contributed by atoms with Crippen molar-refractivity contribution in [2.75, 3.05) is 5.32 Å². The van der Waals surface area contributed by atoms with E-state index >= 15 is 0 Å². The molecule has 0 saturated carbocycles. The number of hydrogen-bond acceptors (Lipinski definition) is 5. The topological polar surface area (TPSA) is 81.0 Å². The molecule has 0 aliphatic rings. The lowest BCUT2D eigenvalue weighted by molar-refractivity contribution is -0.384. The molecule has 0 aliphatic carbocycles. The van der Waals surface area contributed by atoms with Crippen LogP contribution in [-0.2, 0) is 0 Å². The first-order chi connectivity index (χ1) is 8.66. The summed E-state index contributed by atoms with van der Waals surface area (Å²) in [6, 6.07) is 6.49. The van der Waals surface area contributed by atoms with E-state index in [9.17, 15) is 10.1 Å². The molecule has 92 valence electrons. The van der Waals surface area contributed by atoms with E-state index in [2.05, 4.69) is 15.3 Å². The Kier molecular flexibility index (Phi) is 3.47. The first-order valence-electron chi connectivity index (χ1n) is 5.42. The third kappa shape index (κ3) is 2.79. The van der Waals surface area contributed by atoms with E-state index in [1.165, 1.54) is 18.5 Å². The summed E-state index contributed by atoms with van der Waals surface area (Å²) in [7, 11) is 0. The highest BCUT2D eigenvalue weighted by molar-refractivity contribution is 5.42. The Morgan fingerprint density at radius 1 is 1.22 bits per heavy atom. The quantitative estimate of drug-likeness (QED) is 0.660. The van der Waals surface area contributed by atoms with Crippen molar-refractivity contribution in [3.63, 3.8) is 0 Å². The van der Waals surface area contributed by atoms with Gasteiger partial charge in [0.05, 0.1) is 23.0 Å². The maximum Gasteiger partial charge on any atom is 0.269 e. The van der Waals surface area contributed by atoms with Gasteiger partial charge in [-0.25, -0.2) is 9.97 Å². The summed E-state index contributed by atoms with van der Waals surface area (Å²) >= 11 is 0. The zero-order valence-electron chi connectivity index (χ0n) is 9.78. The van der Waals surface area contributed by atoms with E-state index in [0.29, 0.717) is 0 Å². The van der Waals surface area contributed by atoms with Gasteiger partial charge in [-0.05, 0) is 12.5 Å². The maximum absolute atomic E-state index is 10.5. The summed E-state index contributed by atoms with van der Waals surface area (Å²) in [5.74, 6) is 0. The van der Waals surface area contributed by atoms with Crippen molar-refractivity contribution >= 4 is 11.4 Å². The molecule has 1 N–H and O–H groups in total. The van der Waals surface area contributed by atoms with E-state index in [1.807, 2.05) is 6.92 Å².